The van der Waals surface area contributed by atoms with Gasteiger partial charge in [0, 0.05) is 30.4 Å². The molecule has 1 unspecified atom stereocenters. The van der Waals surface area contributed by atoms with Gasteiger partial charge in [-0.15, -0.1) is 0 Å². The first-order valence-corrected chi connectivity index (χ1v) is 10.2. The van der Waals surface area contributed by atoms with Crippen molar-refractivity contribution in [3.8, 4) is 11.9 Å². The molecule has 1 aromatic carbocycles. The molecule has 4 N–H and O–H groups in total. The molecule has 0 aliphatic rings. The van der Waals surface area contributed by atoms with Crippen LogP contribution in [-0.4, -0.2) is 57.0 Å². The van der Waals surface area contributed by atoms with Crippen LogP contribution in [0.5, 0.6) is 5.88 Å². The van der Waals surface area contributed by atoms with E-state index in [0.717, 1.165) is 12.8 Å². The second-order valence-corrected chi connectivity index (χ2v) is 7.69. The van der Waals surface area contributed by atoms with Gasteiger partial charge in [0.25, 0.3) is 0 Å². The van der Waals surface area contributed by atoms with Crippen LogP contribution in [0.25, 0.3) is 0 Å². The molecule has 0 fully saturated rings. The maximum absolute atomic E-state index is 10.1. The quantitative estimate of drug-likeness (QED) is 0.374. The first kappa shape index (κ1) is 27.3. The summed E-state index contributed by atoms with van der Waals surface area (Å²) in [7, 11) is 0. The fourth-order valence-electron chi connectivity index (χ4n) is 2.55. The molecule has 176 valence electrons. The fourth-order valence-corrected chi connectivity index (χ4v) is 2.55. The van der Waals surface area contributed by atoms with Gasteiger partial charge in [0.1, 0.15) is 24.3 Å². The Hall–Kier alpha value is -3.74. The molecular formula is C24H29N3O6. The number of benzene rings is 1. The van der Waals surface area contributed by atoms with Crippen molar-refractivity contribution in [1.82, 2.24) is 10.3 Å². The van der Waals surface area contributed by atoms with E-state index in [9.17, 15) is 14.7 Å². The van der Waals surface area contributed by atoms with Crippen molar-refractivity contribution in [3.63, 3.8) is 0 Å². The number of aliphatic carboxylic acids is 2. The van der Waals surface area contributed by atoms with Crippen LogP contribution in [0.15, 0.2) is 60.8 Å². The third kappa shape index (κ3) is 12.6. The number of ether oxygens (including phenoxy) is 1. The van der Waals surface area contributed by atoms with Crippen molar-refractivity contribution in [1.29, 1.82) is 5.26 Å². The number of hydrogen-bond acceptors (Lipinski definition) is 7. The van der Waals surface area contributed by atoms with Gasteiger partial charge in [-0.05, 0) is 44.4 Å². The van der Waals surface area contributed by atoms with Gasteiger partial charge in [0.15, 0.2) is 0 Å². The lowest BCUT2D eigenvalue weighted by molar-refractivity contribution is -0.134. The van der Waals surface area contributed by atoms with Crippen molar-refractivity contribution in [2.75, 3.05) is 13.2 Å². The van der Waals surface area contributed by atoms with Gasteiger partial charge in [0.05, 0.1) is 0 Å². The van der Waals surface area contributed by atoms with E-state index in [2.05, 4.69) is 36.3 Å². The van der Waals surface area contributed by atoms with Crippen molar-refractivity contribution >= 4 is 11.9 Å². The Bertz CT molecular complexity index is 938. The lowest BCUT2D eigenvalue weighted by Gasteiger charge is -2.28. The third-order valence-corrected chi connectivity index (χ3v) is 4.37. The van der Waals surface area contributed by atoms with Crippen LogP contribution in [0.3, 0.4) is 0 Å². The van der Waals surface area contributed by atoms with Crippen LogP contribution in [-0.2, 0) is 16.0 Å². The summed E-state index contributed by atoms with van der Waals surface area (Å²) in [6, 6.07) is 15.7. The summed E-state index contributed by atoms with van der Waals surface area (Å²) in [6.07, 6.45) is 3.94. The lowest BCUT2D eigenvalue weighted by atomic mass is 9.95. The Morgan fingerprint density at radius 1 is 1.15 bits per heavy atom. The Morgan fingerprint density at radius 3 is 2.36 bits per heavy atom. The number of carboxylic acid groups (broad SMARTS) is 2. The molecule has 1 heterocycles. The Labute approximate surface area is 193 Å². The zero-order chi connectivity index (χ0) is 24.7. The molecule has 0 aliphatic carbocycles. The van der Waals surface area contributed by atoms with Crippen LogP contribution in [0, 0.1) is 11.3 Å². The molecule has 0 saturated heterocycles. The first-order valence-electron chi connectivity index (χ1n) is 10.2. The normalized spacial score (nSPS) is 11.7. The van der Waals surface area contributed by atoms with Crippen LogP contribution >= 0.6 is 0 Å². The number of aryl methyl sites for hydroxylation is 1. The average molecular weight is 456 g/mol. The van der Waals surface area contributed by atoms with E-state index in [-0.39, 0.29) is 18.0 Å². The molecule has 9 heteroatoms. The number of hydrogen-bond donors (Lipinski definition) is 4. The number of aliphatic hydroxyl groups excluding tert-OH is 1. The van der Waals surface area contributed by atoms with Crippen LogP contribution < -0.4 is 10.1 Å². The minimum atomic E-state index is -1.26. The molecule has 9 nitrogen and oxygen atoms in total. The van der Waals surface area contributed by atoms with Gasteiger partial charge < -0.3 is 25.4 Å². The Morgan fingerprint density at radius 2 is 1.79 bits per heavy atom. The Kier molecular flexibility index (Phi) is 11.9. The topological polar surface area (TPSA) is 153 Å². The standard InChI is InChI=1S/C20H25N3O2.C4H4O4/c1-20(2,11-10-16-7-4-3-5-8-16)23-14-18(24)15-25-19-17(13-21)9-6-12-22-19;5-3(6)1-2-4(7)8/h3-9,12,18,23-24H,10-11,14-15H2,1-2H3;1-2H,(H,5,6)(H,7,8)/b;2-1-. The highest BCUT2D eigenvalue weighted by Gasteiger charge is 2.19. The van der Waals surface area contributed by atoms with E-state index in [4.69, 9.17) is 20.2 Å². The SMILES string of the molecule is CC(C)(CCc1ccccc1)NCC(O)COc1ncccc1C#N.O=C(O)/C=C\C(=O)O. The van der Waals surface area contributed by atoms with Gasteiger partial charge in [-0.2, -0.15) is 5.26 Å². The largest absolute Gasteiger partial charge is 0.478 e. The van der Waals surface area contributed by atoms with E-state index < -0.39 is 18.0 Å². The number of nitrogens with one attached hydrogen (secondary N) is 1. The molecule has 0 aliphatic heterocycles. The summed E-state index contributed by atoms with van der Waals surface area (Å²) in [4.78, 5) is 23.1. The van der Waals surface area contributed by atoms with E-state index in [1.54, 1.807) is 18.3 Å². The minimum absolute atomic E-state index is 0.0907. The molecule has 1 atom stereocenters. The number of nitriles is 1. The van der Waals surface area contributed by atoms with E-state index in [0.29, 0.717) is 24.3 Å². The zero-order valence-electron chi connectivity index (χ0n) is 18.6. The zero-order valence-corrected chi connectivity index (χ0v) is 18.6. The molecule has 0 bridgehead atoms. The highest BCUT2D eigenvalue weighted by molar-refractivity contribution is 5.89. The maximum Gasteiger partial charge on any atom is 0.328 e. The van der Waals surface area contributed by atoms with Gasteiger partial charge in [-0.1, -0.05) is 30.3 Å². The average Bonchev–Trinajstić information content (AvgIpc) is 2.80. The first-order chi connectivity index (χ1) is 15.6. The monoisotopic (exact) mass is 455 g/mol. The molecule has 2 rings (SSSR count). The summed E-state index contributed by atoms with van der Waals surface area (Å²) in [6.45, 7) is 4.75. The number of β-amino-alcohol motifs (C(OH)–C–C–N with tert-alkyl or cyclic N) is 1. The van der Waals surface area contributed by atoms with Gasteiger partial charge in [-0.3, -0.25) is 0 Å². The summed E-state index contributed by atoms with van der Waals surface area (Å²) < 4.78 is 5.46. The van der Waals surface area contributed by atoms with Gasteiger partial charge >= 0.3 is 11.9 Å². The van der Waals surface area contributed by atoms with Crippen LogP contribution in [0.4, 0.5) is 0 Å². The molecule has 1 aromatic heterocycles. The van der Waals surface area contributed by atoms with E-state index in [1.807, 2.05) is 24.3 Å². The van der Waals surface area contributed by atoms with Crippen LogP contribution in [0.1, 0.15) is 31.4 Å². The van der Waals surface area contributed by atoms with Gasteiger partial charge in [-0.25, -0.2) is 14.6 Å². The minimum Gasteiger partial charge on any atom is -0.478 e. The number of carbonyl (C=O) groups is 2. The fraction of sp³-hybridized carbons (Fsp3) is 0.333. The molecule has 2 aromatic rings. The molecule has 0 amide bonds. The second kappa shape index (κ2) is 14.3. The van der Waals surface area contributed by atoms with Crippen molar-refractivity contribution in [2.45, 2.75) is 38.3 Å². The highest BCUT2D eigenvalue weighted by Crippen LogP contribution is 2.15. The number of pyridine rings is 1. The van der Waals surface area contributed by atoms with Crippen molar-refractivity contribution in [2.24, 2.45) is 0 Å². The highest BCUT2D eigenvalue weighted by atomic mass is 16.5. The Balaban J connectivity index is 0.000000582. The molecule has 0 saturated carbocycles. The summed E-state index contributed by atoms with van der Waals surface area (Å²) >= 11 is 0. The van der Waals surface area contributed by atoms with E-state index in [1.165, 1.54) is 5.56 Å². The number of nitrogens with zero attached hydrogens (tertiary/aromatic N) is 2. The number of aliphatic hydroxyl groups is 1. The summed E-state index contributed by atoms with van der Waals surface area (Å²) in [5.41, 5.74) is 1.57. The molecular weight excluding hydrogens is 426 g/mol. The van der Waals surface area contributed by atoms with Crippen molar-refractivity contribution in [3.05, 3.63) is 71.9 Å². The second-order valence-electron chi connectivity index (χ2n) is 7.69. The predicted octanol–water partition coefficient (Wildman–Crippen LogP) is 2.41. The molecule has 33 heavy (non-hydrogen) atoms. The van der Waals surface area contributed by atoms with Crippen LogP contribution in [0.2, 0.25) is 0 Å². The number of carboxylic acids is 2. The van der Waals surface area contributed by atoms with Crippen molar-refractivity contribution < 1.29 is 29.6 Å². The van der Waals surface area contributed by atoms with Gasteiger partial charge in [0.2, 0.25) is 5.88 Å². The maximum atomic E-state index is 10.1. The third-order valence-electron chi connectivity index (χ3n) is 4.37. The number of aromatic nitrogens is 1. The molecule has 0 radical (unpaired) electrons. The smallest absolute Gasteiger partial charge is 0.328 e. The summed E-state index contributed by atoms with van der Waals surface area (Å²) in [5.74, 6) is -2.26. The lowest BCUT2D eigenvalue weighted by Crippen LogP contribution is -2.45. The number of rotatable bonds is 11. The molecule has 0 spiro atoms. The summed E-state index contributed by atoms with van der Waals surface area (Å²) in [5, 5.41) is 38.1. The van der Waals surface area contributed by atoms with E-state index >= 15 is 0 Å². The predicted molar refractivity (Wildman–Crippen MR) is 122 cm³/mol.